The highest BCUT2D eigenvalue weighted by Gasteiger charge is 2.12. The molecule has 1 aromatic carbocycles. The van der Waals surface area contributed by atoms with E-state index < -0.39 is 17.4 Å². The van der Waals surface area contributed by atoms with Crippen molar-refractivity contribution in [1.82, 2.24) is 10.2 Å². The minimum atomic E-state index is -0.648. The van der Waals surface area contributed by atoms with Gasteiger partial charge in [0.15, 0.2) is 0 Å². The molecule has 7 heteroatoms. The van der Waals surface area contributed by atoms with Gasteiger partial charge in [-0.3, -0.25) is 14.4 Å². The fourth-order valence-electron chi connectivity index (χ4n) is 1.46. The van der Waals surface area contributed by atoms with E-state index in [2.05, 4.69) is 15.5 Å². The molecule has 0 atom stereocenters. The topological polar surface area (TPSA) is 118 Å². The SMILES string of the molecule is NC(=O)c1ccccc1NC(=O)c1ccc(=O)[nH]n1. The summed E-state index contributed by atoms with van der Waals surface area (Å²) in [4.78, 5) is 33.9. The molecule has 0 aliphatic heterocycles. The smallest absolute Gasteiger partial charge is 0.276 e. The van der Waals surface area contributed by atoms with E-state index in [0.717, 1.165) is 0 Å². The Kier molecular flexibility index (Phi) is 3.37. The van der Waals surface area contributed by atoms with Gasteiger partial charge in [0.1, 0.15) is 5.69 Å². The van der Waals surface area contributed by atoms with Crippen LogP contribution in [-0.2, 0) is 0 Å². The van der Waals surface area contributed by atoms with Crippen molar-refractivity contribution in [2.45, 2.75) is 0 Å². The zero-order valence-electron chi connectivity index (χ0n) is 9.71. The summed E-state index contributed by atoms with van der Waals surface area (Å²) in [5, 5.41) is 8.23. The van der Waals surface area contributed by atoms with Crippen molar-refractivity contribution >= 4 is 17.5 Å². The summed E-state index contributed by atoms with van der Waals surface area (Å²) in [6.07, 6.45) is 0. The summed E-state index contributed by atoms with van der Waals surface area (Å²) in [7, 11) is 0. The predicted molar refractivity (Wildman–Crippen MR) is 67.8 cm³/mol. The van der Waals surface area contributed by atoms with Crippen LogP contribution in [0.3, 0.4) is 0 Å². The van der Waals surface area contributed by atoms with Gasteiger partial charge >= 0.3 is 0 Å². The van der Waals surface area contributed by atoms with Crippen molar-refractivity contribution in [3.8, 4) is 0 Å². The lowest BCUT2D eigenvalue weighted by atomic mass is 10.1. The Bertz CT molecular complexity index is 673. The summed E-state index contributed by atoms with van der Waals surface area (Å²) in [6.45, 7) is 0. The molecule has 0 saturated heterocycles. The zero-order chi connectivity index (χ0) is 13.8. The Morgan fingerprint density at radius 2 is 1.89 bits per heavy atom. The Morgan fingerprint density at radius 3 is 2.53 bits per heavy atom. The Balaban J connectivity index is 2.26. The summed E-state index contributed by atoms with van der Waals surface area (Å²) < 4.78 is 0. The number of amides is 2. The molecule has 0 bridgehead atoms. The molecule has 0 aliphatic carbocycles. The van der Waals surface area contributed by atoms with Crippen molar-refractivity contribution in [2.75, 3.05) is 5.32 Å². The maximum Gasteiger partial charge on any atom is 0.276 e. The molecule has 1 aromatic heterocycles. The average Bonchev–Trinajstić information content (AvgIpc) is 2.39. The number of hydrogen-bond acceptors (Lipinski definition) is 4. The number of hydrogen-bond donors (Lipinski definition) is 3. The molecule has 2 rings (SSSR count). The van der Waals surface area contributed by atoms with Gasteiger partial charge in [-0.1, -0.05) is 12.1 Å². The highest BCUT2D eigenvalue weighted by molar-refractivity contribution is 6.07. The van der Waals surface area contributed by atoms with Gasteiger partial charge in [0, 0.05) is 6.07 Å². The van der Waals surface area contributed by atoms with Crippen LogP contribution in [0.2, 0.25) is 0 Å². The van der Waals surface area contributed by atoms with Gasteiger partial charge in [0.2, 0.25) is 0 Å². The number of anilines is 1. The van der Waals surface area contributed by atoms with Crippen LogP contribution in [0.4, 0.5) is 5.69 Å². The van der Waals surface area contributed by atoms with Crippen LogP contribution in [-0.4, -0.2) is 22.0 Å². The number of nitrogens with zero attached hydrogens (tertiary/aromatic N) is 1. The van der Waals surface area contributed by atoms with Gasteiger partial charge in [0.05, 0.1) is 11.3 Å². The van der Waals surface area contributed by atoms with E-state index in [4.69, 9.17) is 5.73 Å². The number of aromatic amines is 1. The Hall–Kier alpha value is -2.96. The van der Waals surface area contributed by atoms with E-state index in [1.807, 2.05) is 0 Å². The molecular formula is C12H10N4O3. The molecule has 7 nitrogen and oxygen atoms in total. The predicted octanol–water partition coefficient (Wildman–Crippen LogP) is 0.121. The quantitative estimate of drug-likeness (QED) is 0.724. The third kappa shape index (κ3) is 2.83. The fourth-order valence-corrected chi connectivity index (χ4v) is 1.46. The van der Waals surface area contributed by atoms with Crippen LogP contribution in [0.1, 0.15) is 20.8 Å². The maximum atomic E-state index is 11.9. The highest BCUT2D eigenvalue weighted by Crippen LogP contribution is 2.14. The molecule has 0 fully saturated rings. The maximum absolute atomic E-state index is 11.9. The first kappa shape index (κ1) is 12.5. The van der Waals surface area contributed by atoms with Crippen molar-refractivity contribution in [3.05, 3.63) is 58.0 Å². The molecule has 0 saturated carbocycles. The third-order valence-electron chi connectivity index (χ3n) is 2.35. The largest absolute Gasteiger partial charge is 0.366 e. The third-order valence-corrected chi connectivity index (χ3v) is 2.35. The summed E-state index contributed by atoms with van der Waals surface area (Å²) in [6, 6.07) is 8.79. The number of para-hydroxylation sites is 1. The molecule has 2 aromatic rings. The highest BCUT2D eigenvalue weighted by atomic mass is 16.2. The number of primary amides is 1. The van der Waals surface area contributed by atoms with Gasteiger partial charge in [-0.2, -0.15) is 5.10 Å². The van der Waals surface area contributed by atoms with Crippen LogP contribution >= 0.6 is 0 Å². The van der Waals surface area contributed by atoms with E-state index in [1.165, 1.54) is 18.2 Å². The number of aromatic nitrogens is 2. The lowest BCUT2D eigenvalue weighted by Crippen LogP contribution is -2.20. The van der Waals surface area contributed by atoms with E-state index in [0.29, 0.717) is 0 Å². The first-order chi connectivity index (χ1) is 9.08. The number of rotatable bonds is 3. The first-order valence-electron chi connectivity index (χ1n) is 5.34. The van der Waals surface area contributed by atoms with E-state index in [9.17, 15) is 14.4 Å². The van der Waals surface area contributed by atoms with Crippen molar-refractivity contribution < 1.29 is 9.59 Å². The number of benzene rings is 1. The Morgan fingerprint density at radius 1 is 1.16 bits per heavy atom. The lowest BCUT2D eigenvalue weighted by Gasteiger charge is -2.07. The summed E-state index contributed by atoms with van der Waals surface area (Å²) in [5.74, 6) is -1.20. The van der Waals surface area contributed by atoms with Crippen LogP contribution in [0.5, 0.6) is 0 Å². The van der Waals surface area contributed by atoms with Crippen LogP contribution in [0.15, 0.2) is 41.2 Å². The van der Waals surface area contributed by atoms with Crippen LogP contribution < -0.4 is 16.6 Å². The second-order valence-corrected chi connectivity index (χ2v) is 3.67. The van der Waals surface area contributed by atoms with Crippen molar-refractivity contribution in [2.24, 2.45) is 5.73 Å². The number of H-pyrrole nitrogens is 1. The second kappa shape index (κ2) is 5.13. The van der Waals surface area contributed by atoms with Gasteiger partial charge in [-0.25, -0.2) is 5.10 Å². The van der Waals surface area contributed by atoms with Gasteiger partial charge in [-0.05, 0) is 18.2 Å². The molecule has 19 heavy (non-hydrogen) atoms. The minimum Gasteiger partial charge on any atom is -0.366 e. The molecule has 4 N–H and O–H groups in total. The first-order valence-corrected chi connectivity index (χ1v) is 5.34. The number of carbonyl (C=O) groups excluding carboxylic acids is 2. The van der Waals surface area contributed by atoms with E-state index >= 15 is 0 Å². The minimum absolute atomic E-state index is 0.0267. The zero-order valence-corrected chi connectivity index (χ0v) is 9.71. The van der Waals surface area contributed by atoms with Gasteiger partial charge < -0.3 is 11.1 Å². The molecular weight excluding hydrogens is 248 g/mol. The average molecular weight is 258 g/mol. The standard InChI is InChI=1S/C12H10N4O3/c13-11(18)7-3-1-2-4-8(7)14-12(19)9-5-6-10(17)16-15-9/h1-6H,(H2,13,18)(H,14,19)(H,16,17). The van der Waals surface area contributed by atoms with E-state index in [1.54, 1.807) is 18.2 Å². The van der Waals surface area contributed by atoms with Crippen LogP contribution in [0.25, 0.3) is 0 Å². The van der Waals surface area contributed by atoms with Gasteiger partial charge in [-0.15, -0.1) is 0 Å². The number of carbonyl (C=O) groups is 2. The molecule has 0 aliphatic rings. The Labute approximate surface area is 107 Å². The molecule has 2 amide bonds. The molecule has 96 valence electrons. The lowest BCUT2D eigenvalue weighted by molar-refractivity contribution is 0.100. The fraction of sp³-hybridized carbons (Fsp3) is 0. The van der Waals surface area contributed by atoms with Crippen LogP contribution in [0, 0.1) is 0 Å². The van der Waals surface area contributed by atoms with Gasteiger partial charge in [0.25, 0.3) is 17.4 Å². The second-order valence-electron chi connectivity index (χ2n) is 3.67. The molecule has 0 unspecified atom stereocenters. The summed E-state index contributed by atoms with van der Waals surface area (Å²) >= 11 is 0. The van der Waals surface area contributed by atoms with Crippen molar-refractivity contribution in [3.63, 3.8) is 0 Å². The number of nitrogens with one attached hydrogen (secondary N) is 2. The van der Waals surface area contributed by atoms with E-state index in [-0.39, 0.29) is 16.9 Å². The molecule has 0 spiro atoms. The van der Waals surface area contributed by atoms with Crippen molar-refractivity contribution in [1.29, 1.82) is 0 Å². The molecule has 1 heterocycles. The summed E-state index contributed by atoms with van der Waals surface area (Å²) in [5.41, 5.74) is 5.29. The monoisotopic (exact) mass is 258 g/mol. The normalized spacial score (nSPS) is 9.89. The number of nitrogens with two attached hydrogens (primary N) is 1. The molecule has 0 radical (unpaired) electrons.